The molecule has 0 spiro atoms. The highest BCUT2D eigenvalue weighted by Crippen LogP contribution is 2.23. The van der Waals surface area contributed by atoms with Gasteiger partial charge in [0.25, 0.3) is 5.91 Å². The number of rotatable bonds is 5. The SMILES string of the molecule is Cc1ccc(N2C(=O)C[C@H](NCCc3cnc[nH]3)C2=O)cc1. The lowest BCUT2D eigenvalue weighted by molar-refractivity contribution is -0.121. The Labute approximate surface area is 128 Å². The van der Waals surface area contributed by atoms with Crippen LogP contribution in [0, 0.1) is 6.92 Å². The Bertz CT molecular complexity index is 664. The Morgan fingerprint density at radius 3 is 2.77 bits per heavy atom. The van der Waals surface area contributed by atoms with Crippen LogP contribution in [0.15, 0.2) is 36.8 Å². The molecular weight excluding hydrogens is 280 g/mol. The number of nitrogens with zero attached hydrogens (tertiary/aromatic N) is 2. The maximum atomic E-state index is 12.4. The monoisotopic (exact) mass is 298 g/mol. The molecule has 2 amide bonds. The van der Waals surface area contributed by atoms with Gasteiger partial charge in [-0.2, -0.15) is 0 Å². The van der Waals surface area contributed by atoms with Crippen LogP contribution < -0.4 is 10.2 Å². The van der Waals surface area contributed by atoms with E-state index in [4.69, 9.17) is 0 Å². The molecule has 1 aromatic carbocycles. The molecule has 1 aliphatic rings. The zero-order valence-electron chi connectivity index (χ0n) is 12.4. The van der Waals surface area contributed by atoms with Gasteiger partial charge in [0, 0.05) is 24.9 Å². The molecule has 0 saturated carbocycles. The first-order valence-corrected chi connectivity index (χ1v) is 7.29. The minimum absolute atomic E-state index is 0.159. The summed E-state index contributed by atoms with van der Waals surface area (Å²) in [6, 6.07) is 6.96. The summed E-state index contributed by atoms with van der Waals surface area (Å²) in [6.45, 7) is 2.59. The number of H-pyrrole nitrogens is 1. The summed E-state index contributed by atoms with van der Waals surface area (Å²) in [5.41, 5.74) is 2.73. The molecule has 0 radical (unpaired) electrons. The van der Waals surface area contributed by atoms with Crippen molar-refractivity contribution in [1.82, 2.24) is 15.3 Å². The van der Waals surface area contributed by atoms with Crippen LogP contribution in [0.3, 0.4) is 0 Å². The van der Waals surface area contributed by atoms with Crippen molar-refractivity contribution in [2.45, 2.75) is 25.8 Å². The number of imidazole rings is 1. The lowest BCUT2D eigenvalue weighted by Gasteiger charge is -2.15. The summed E-state index contributed by atoms with van der Waals surface area (Å²) >= 11 is 0. The second-order valence-corrected chi connectivity index (χ2v) is 5.44. The second kappa shape index (κ2) is 6.11. The van der Waals surface area contributed by atoms with E-state index in [0.717, 1.165) is 17.7 Å². The van der Waals surface area contributed by atoms with Crippen LogP contribution in [0.2, 0.25) is 0 Å². The Morgan fingerprint density at radius 2 is 2.09 bits per heavy atom. The lowest BCUT2D eigenvalue weighted by Crippen LogP contribution is -2.39. The molecule has 114 valence electrons. The second-order valence-electron chi connectivity index (χ2n) is 5.44. The van der Waals surface area contributed by atoms with Crippen LogP contribution in [0.5, 0.6) is 0 Å². The first-order valence-electron chi connectivity index (χ1n) is 7.29. The third-order valence-corrected chi connectivity index (χ3v) is 3.78. The first-order chi connectivity index (χ1) is 10.6. The van der Waals surface area contributed by atoms with Crippen molar-refractivity contribution in [2.75, 3.05) is 11.4 Å². The molecule has 2 N–H and O–H groups in total. The van der Waals surface area contributed by atoms with Crippen LogP contribution in [-0.2, 0) is 16.0 Å². The van der Waals surface area contributed by atoms with E-state index in [0.29, 0.717) is 12.2 Å². The molecule has 6 nitrogen and oxygen atoms in total. The molecule has 1 atom stereocenters. The zero-order valence-corrected chi connectivity index (χ0v) is 12.4. The fourth-order valence-electron chi connectivity index (χ4n) is 2.56. The predicted octanol–water partition coefficient (Wildman–Crippen LogP) is 1.18. The van der Waals surface area contributed by atoms with E-state index < -0.39 is 6.04 Å². The molecule has 1 fully saturated rings. The van der Waals surface area contributed by atoms with Crippen molar-refractivity contribution in [3.63, 3.8) is 0 Å². The van der Waals surface area contributed by atoms with E-state index in [9.17, 15) is 9.59 Å². The number of aromatic amines is 1. The topological polar surface area (TPSA) is 78.1 Å². The van der Waals surface area contributed by atoms with Crippen molar-refractivity contribution < 1.29 is 9.59 Å². The number of hydrogen-bond acceptors (Lipinski definition) is 4. The number of nitrogens with one attached hydrogen (secondary N) is 2. The number of hydrogen-bond donors (Lipinski definition) is 2. The fourth-order valence-corrected chi connectivity index (χ4v) is 2.56. The molecule has 0 aliphatic carbocycles. The Hall–Kier alpha value is -2.47. The van der Waals surface area contributed by atoms with Crippen LogP contribution in [0.1, 0.15) is 17.7 Å². The van der Waals surface area contributed by atoms with E-state index in [-0.39, 0.29) is 18.2 Å². The van der Waals surface area contributed by atoms with Crippen molar-refractivity contribution in [3.8, 4) is 0 Å². The van der Waals surface area contributed by atoms with Crippen molar-refractivity contribution in [2.24, 2.45) is 0 Å². The number of carbonyl (C=O) groups is 2. The van der Waals surface area contributed by atoms with Gasteiger partial charge in [-0.15, -0.1) is 0 Å². The van der Waals surface area contributed by atoms with E-state index in [1.54, 1.807) is 24.7 Å². The van der Waals surface area contributed by atoms with Gasteiger partial charge in [0.15, 0.2) is 0 Å². The molecule has 1 saturated heterocycles. The van der Waals surface area contributed by atoms with E-state index >= 15 is 0 Å². The maximum Gasteiger partial charge on any atom is 0.251 e. The van der Waals surface area contributed by atoms with Gasteiger partial charge in [-0.25, -0.2) is 9.88 Å². The molecule has 0 bridgehead atoms. The molecule has 2 heterocycles. The molecule has 0 unspecified atom stereocenters. The summed E-state index contributed by atoms with van der Waals surface area (Å²) in [6.07, 6.45) is 4.32. The minimum Gasteiger partial charge on any atom is -0.348 e. The van der Waals surface area contributed by atoms with Gasteiger partial charge in [-0.05, 0) is 19.1 Å². The summed E-state index contributed by atoms with van der Waals surface area (Å²) in [7, 11) is 0. The van der Waals surface area contributed by atoms with E-state index in [2.05, 4.69) is 15.3 Å². The van der Waals surface area contributed by atoms with Gasteiger partial charge in [-0.1, -0.05) is 17.7 Å². The van der Waals surface area contributed by atoms with Gasteiger partial charge in [-0.3, -0.25) is 9.59 Å². The fraction of sp³-hybridized carbons (Fsp3) is 0.312. The van der Waals surface area contributed by atoms with Gasteiger partial charge >= 0.3 is 0 Å². The third kappa shape index (κ3) is 2.92. The van der Waals surface area contributed by atoms with Crippen molar-refractivity contribution in [1.29, 1.82) is 0 Å². The predicted molar refractivity (Wildman–Crippen MR) is 82.4 cm³/mol. The normalized spacial score (nSPS) is 18.2. The summed E-state index contributed by atoms with van der Waals surface area (Å²) in [5, 5.41) is 3.15. The van der Waals surface area contributed by atoms with E-state index in [1.165, 1.54) is 4.90 Å². The Balaban J connectivity index is 1.62. The lowest BCUT2D eigenvalue weighted by atomic mass is 10.2. The minimum atomic E-state index is -0.447. The average molecular weight is 298 g/mol. The van der Waals surface area contributed by atoms with Crippen LogP contribution in [-0.4, -0.2) is 34.4 Å². The molecule has 1 aliphatic heterocycles. The third-order valence-electron chi connectivity index (χ3n) is 3.78. The molecule has 3 rings (SSSR count). The number of amides is 2. The molecule has 1 aromatic heterocycles. The standard InChI is InChI=1S/C16H18N4O2/c1-11-2-4-13(5-3-11)20-15(21)8-14(16(20)22)18-7-6-12-9-17-10-19-12/h2-5,9-10,14,18H,6-8H2,1H3,(H,17,19)/t14-/m0/s1. The molecular formula is C16H18N4O2. The smallest absolute Gasteiger partial charge is 0.251 e. The number of benzene rings is 1. The van der Waals surface area contributed by atoms with E-state index in [1.807, 2.05) is 19.1 Å². The molecule has 2 aromatic rings. The van der Waals surface area contributed by atoms with Crippen molar-refractivity contribution in [3.05, 3.63) is 48.0 Å². The van der Waals surface area contributed by atoms with Crippen LogP contribution >= 0.6 is 0 Å². The Kier molecular flexibility index (Phi) is 4.02. The summed E-state index contributed by atoms with van der Waals surface area (Å²) in [4.78, 5) is 32.8. The molecule has 6 heteroatoms. The quantitative estimate of drug-likeness (QED) is 0.813. The van der Waals surface area contributed by atoms with Gasteiger partial charge in [0.2, 0.25) is 5.91 Å². The zero-order chi connectivity index (χ0) is 15.5. The van der Waals surface area contributed by atoms with Crippen LogP contribution in [0.4, 0.5) is 5.69 Å². The first kappa shape index (κ1) is 14.5. The highest BCUT2D eigenvalue weighted by Gasteiger charge is 2.39. The summed E-state index contributed by atoms with van der Waals surface area (Å²) < 4.78 is 0. The average Bonchev–Trinajstić information content (AvgIpc) is 3.10. The maximum absolute atomic E-state index is 12.4. The number of aryl methyl sites for hydroxylation is 1. The molecule has 22 heavy (non-hydrogen) atoms. The summed E-state index contributed by atoms with van der Waals surface area (Å²) in [5.74, 6) is -0.341. The number of aromatic nitrogens is 2. The number of carbonyl (C=O) groups excluding carboxylic acids is 2. The van der Waals surface area contributed by atoms with Crippen LogP contribution in [0.25, 0.3) is 0 Å². The van der Waals surface area contributed by atoms with Gasteiger partial charge < -0.3 is 10.3 Å². The number of imide groups is 1. The van der Waals surface area contributed by atoms with Gasteiger partial charge in [0.05, 0.1) is 24.5 Å². The highest BCUT2D eigenvalue weighted by atomic mass is 16.2. The van der Waals surface area contributed by atoms with Gasteiger partial charge in [0.1, 0.15) is 0 Å². The number of anilines is 1. The van der Waals surface area contributed by atoms with Crippen molar-refractivity contribution >= 4 is 17.5 Å². The highest BCUT2D eigenvalue weighted by molar-refractivity contribution is 6.22. The Morgan fingerprint density at radius 1 is 1.32 bits per heavy atom. The largest absolute Gasteiger partial charge is 0.348 e.